The number of hydrogen-bond donors (Lipinski definition) is 3. The van der Waals surface area contributed by atoms with Crippen molar-refractivity contribution in [3.63, 3.8) is 0 Å². The molecule has 1 aromatic heterocycles. The molecule has 0 bridgehead atoms. The van der Waals surface area contributed by atoms with Crippen LogP contribution in [0.3, 0.4) is 0 Å². The maximum absolute atomic E-state index is 11.3. The van der Waals surface area contributed by atoms with Crippen LogP contribution in [-0.4, -0.2) is 44.2 Å². The molecule has 0 aromatic carbocycles. The molecule has 0 saturated carbocycles. The molecule has 0 fully saturated rings. The number of likely N-dealkylation sites (N-methyl/N-ethyl adjacent to an activating group) is 1. The third-order valence-electron chi connectivity index (χ3n) is 2.17. The predicted molar refractivity (Wildman–Crippen MR) is 64.3 cm³/mol. The van der Waals surface area contributed by atoms with Crippen LogP contribution in [0, 0.1) is 0 Å². The Bertz CT molecular complexity index is 428. The van der Waals surface area contributed by atoms with Crippen LogP contribution in [0.25, 0.3) is 0 Å². The van der Waals surface area contributed by atoms with Gasteiger partial charge in [-0.3, -0.25) is 9.36 Å². The lowest BCUT2D eigenvalue weighted by Crippen LogP contribution is -2.38. The van der Waals surface area contributed by atoms with E-state index in [1.54, 1.807) is 0 Å². The minimum Gasteiger partial charge on any atom is -0.480 e. The van der Waals surface area contributed by atoms with Gasteiger partial charge in [0, 0.05) is 12.3 Å². The van der Waals surface area contributed by atoms with E-state index >= 15 is 0 Å². The maximum Gasteiger partial charge on any atom is 0.343 e. The minimum atomic E-state index is -0.903. The molecule has 3 N–H and O–H groups in total. The van der Waals surface area contributed by atoms with E-state index in [0.29, 0.717) is 24.0 Å². The number of carboxylic acids is 1. The van der Waals surface area contributed by atoms with Gasteiger partial charge < -0.3 is 10.4 Å². The van der Waals surface area contributed by atoms with Crippen molar-refractivity contribution < 1.29 is 9.90 Å². The largest absolute Gasteiger partial charge is 0.480 e. The van der Waals surface area contributed by atoms with Crippen LogP contribution >= 0.6 is 11.8 Å². The number of thioether (sulfide) groups is 1. The third kappa shape index (κ3) is 3.60. The first-order valence-corrected chi connectivity index (χ1v) is 6.32. The third-order valence-corrected chi connectivity index (χ3v) is 3.24. The van der Waals surface area contributed by atoms with Crippen LogP contribution in [0.15, 0.2) is 9.95 Å². The number of aromatic nitrogens is 3. The summed E-state index contributed by atoms with van der Waals surface area (Å²) in [5, 5.41) is 18.5. The van der Waals surface area contributed by atoms with Gasteiger partial charge in [-0.05, 0) is 13.5 Å². The fraction of sp³-hybridized carbons (Fsp3) is 0.667. The lowest BCUT2D eigenvalue weighted by molar-refractivity contribution is -0.138. The van der Waals surface area contributed by atoms with Gasteiger partial charge in [0.25, 0.3) is 0 Å². The number of H-pyrrole nitrogens is 1. The average molecular weight is 260 g/mol. The number of nitrogens with zero attached hydrogens (tertiary/aromatic N) is 2. The molecule has 7 nitrogen and oxygen atoms in total. The Morgan fingerprint density at radius 3 is 2.88 bits per heavy atom. The zero-order valence-corrected chi connectivity index (χ0v) is 10.6. The van der Waals surface area contributed by atoms with Gasteiger partial charge in [-0.15, -0.1) is 5.10 Å². The van der Waals surface area contributed by atoms with E-state index in [9.17, 15) is 9.59 Å². The first-order chi connectivity index (χ1) is 8.10. The number of nitrogens with one attached hydrogen (secondary N) is 2. The molecule has 0 aliphatic heterocycles. The number of carboxylic acid groups (broad SMARTS) is 1. The average Bonchev–Trinajstić information content (AvgIpc) is 2.64. The molecule has 1 atom stereocenters. The number of carbonyl (C=O) groups is 1. The highest BCUT2D eigenvalue weighted by molar-refractivity contribution is 7.99. The molecule has 96 valence electrons. The second kappa shape index (κ2) is 6.45. The van der Waals surface area contributed by atoms with Gasteiger partial charge in [0.2, 0.25) is 0 Å². The van der Waals surface area contributed by atoms with E-state index in [4.69, 9.17) is 5.11 Å². The fourth-order valence-corrected chi connectivity index (χ4v) is 2.37. The topological polar surface area (TPSA) is 100 Å². The zero-order valence-electron chi connectivity index (χ0n) is 9.77. The lowest BCUT2D eigenvalue weighted by atomic mass is 10.3. The summed E-state index contributed by atoms with van der Waals surface area (Å²) in [5.41, 5.74) is -0.273. The van der Waals surface area contributed by atoms with E-state index in [1.807, 2.05) is 13.8 Å². The van der Waals surface area contributed by atoms with Gasteiger partial charge in [-0.25, -0.2) is 9.89 Å². The van der Waals surface area contributed by atoms with E-state index in [1.165, 1.54) is 16.3 Å². The molecule has 0 aliphatic rings. The summed E-state index contributed by atoms with van der Waals surface area (Å²) < 4.78 is 1.47. The Labute approximate surface area is 103 Å². The molecule has 17 heavy (non-hydrogen) atoms. The summed E-state index contributed by atoms with van der Waals surface area (Å²) in [6, 6.07) is -0.637. The van der Waals surface area contributed by atoms with Crippen LogP contribution < -0.4 is 11.0 Å². The van der Waals surface area contributed by atoms with Crippen LogP contribution in [0.4, 0.5) is 0 Å². The lowest BCUT2D eigenvalue weighted by Gasteiger charge is -2.11. The SMILES string of the molecule is CCNC(CSc1n[nH]c(=O)n1CC)C(=O)O. The summed E-state index contributed by atoms with van der Waals surface area (Å²) in [7, 11) is 0. The van der Waals surface area contributed by atoms with E-state index in [2.05, 4.69) is 15.5 Å². The Hall–Kier alpha value is -1.28. The monoisotopic (exact) mass is 260 g/mol. The van der Waals surface area contributed by atoms with Crippen molar-refractivity contribution in [1.82, 2.24) is 20.1 Å². The van der Waals surface area contributed by atoms with Crippen molar-refractivity contribution in [2.24, 2.45) is 0 Å². The summed E-state index contributed by atoms with van der Waals surface area (Å²) in [5.74, 6) is -0.576. The molecule has 0 saturated heterocycles. The van der Waals surface area contributed by atoms with Gasteiger partial charge in [-0.1, -0.05) is 18.7 Å². The molecule has 1 rings (SSSR count). The first-order valence-electron chi connectivity index (χ1n) is 5.34. The molecule has 1 aromatic rings. The molecule has 1 heterocycles. The normalized spacial score (nSPS) is 12.6. The number of aromatic amines is 1. The van der Waals surface area contributed by atoms with Crippen LogP contribution in [0.5, 0.6) is 0 Å². The van der Waals surface area contributed by atoms with Crippen molar-refractivity contribution in [2.75, 3.05) is 12.3 Å². The van der Waals surface area contributed by atoms with Crippen molar-refractivity contribution in [3.8, 4) is 0 Å². The number of aliphatic carboxylic acids is 1. The highest BCUT2D eigenvalue weighted by Crippen LogP contribution is 2.14. The van der Waals surface area contributed by atoms with Crippen molar-refractivity contribution in [2.45, 2.75) is 31.6 Å². The molecular formula is C9H16N4O3S. The predicted octanol–water partition coefficient (Wildman–Crippen LogP) is -0.254. The van der Waals surface area contributed by atoms with Crippen molar-refractivity contribution in [3.05, 3.63) is 10.5 Å². The van der Waals surface area contributed by atoms with Gasteiger partial charge >= 0.3 is 11.7 Å². The fourth-order valence-electron chi connectivity index (χ4n) is 1.31. The molecule has 0 radical (unpaired) electrons. The molecular weight excluding hydrogens is 244 g/mol. The summed E-state index contributed by atoms with van der Waals surface area (Å²) in [6.45, 7) is 4.77. The standard InChI is InChI=1S/C9H16N4O3S/c1-3-10-6(7(14)15)5-17-9-12-11-8(16)13(9)4-2/h6,10H,3-5H2,1-2H3,(H,11,16)(H,14,15). The highest BCUT2D eigenvalue weighted by Gasteiger charge is 2.18. The van der Waals surface area contributed by atoms with Crippen molar-refractivity contribution in [1.29, 1.82) is 0 Å². The van der Waals surface area contributed by atoms with E-state index < -0.39 is 12.0 Å². The second-order valence-corrected chi connectivity index (χ2v) is 4.30. The van der Waals surface area contributed by atoms with Gasteiger partial charge in [0.05, 0.1) is 0 Å². The van der Waals surface area contributed by atoms with Crippen LogP contribution in [0.1, 0.15) is 13.8 Å². The maximum atomic E-state index is 11.3. The van der Waals surface area contributed by atoms with Gasteiger partial charge in [0.15, 0.2) is 5.16 Å². The van der Waals surface area contributed by atoms with Crippen LogP contribution in [-0.2, 0) is 11.3 Å². The van der Waals surface area contributed by atoms with E-state index in [-0.39, 0.29) is 5.69 Å². The molecule has 0 amide bonds. The second-order valence-electron chi connectivity index (χ2n) is 3.32. The number of rotatable bonds is 7. The Morgan fingerprint density at radius 2 is 2.35 bits per heavy atom. The highest BCUT2D eigenvalue weighted by atomic mass is 32.2. The summed E-state index contributed by atoms with van der Waals surface area (Å²) in [6.07, 6.45) is 0. The summed E-state index contributed by atoms with van der Waals surface area (Å²) >= 11 is 1.25. The summed E-state index contributed by atoms with van der Waals surface area (Å²) in [4.78, 5) is 22.2. The van der Waals surface area contributed by atoms with Gasteiger partial charge in [-0.2, -0.15) is 0 Å². The Kier molecular flexibility index (Phi) is 5.23. The molecule has 0 aliphatic carbocycles. The Morgan fingerprint density at radius 1 is 1.65 bits per heavy atom. The van der Waals surface area contributed by atoms with Gasteiger partial charge in [0.1, 0.15) is 6.04 Å². The number of hydrogen-bond acceptors (Lipinski definition) is 5. The van der Waals surface area contributed by atoms with E-state index in [0.717, 1.165) is 0 Å². The van der Waals surface area contributed by atoms with Crippen molar-refractivity contribution >= 4 is 17.7 Å². The first kappa shape index (κ1) is 13.8. The smallest absolute Gasteiger partial charge is 0.343 e. The quantitative estimate of drug-likeness (QED) is 0.584. The molecule has 1 unspecified atom stereocenters. The van der Waals surface area contributed by atoms with Crippen LogP contribution in [0.2, 0.25) is 0 Å². The molecule has 8 heteroatoms. The molecule has 0 spiro atoms. The Balaban J connectivity index is 2.65. The minimum absolute atomic E-state index is 0.273. The zero-order chi connectivity index (χ0) is 12.8.